The van der Waals surface area contributed by atoms with Crippen LogP contribution in [0.4, 0.5) is 23.2 Å². The maximum atomic E-state index is 13.0. The van der Waals surface area contributed by atoms with Crippen LogP contribution in [0, 0.1) is 12.7 Å². The van der Waals surface area contributed by atoms with Gasteiger partial charge < -0.3 is 11.1 Å². The van der Waals surface area contributed by atoms with E-state index in [9.17, 15) is 22.4 Å². The van der Waals surface area contributed by atoms with E-state index < -0.39 is 23.4 Å². The van der Waals surface area contributed by atoms with Gasteiger partial charge in [-0.05, 0) is 37.6 Å². The van der Waals surface area contributed by atoms with Crippen LogP contribution in [-0.2, 0) is 4.79 Å². The van der Waals surface area contributed by atoms with E-state index in [1.807, 2.05) is 5.32 Å². The second kappa shape index (κ2) is 4.56. The van der Waals surface area contributed by atoms with Crippen molar-refractivity contribution in [3.05, 3.63) is 29.6 Å². The molecule has 0 spiro atoms. The highest BCUT2D eigenvalue weighted by Gasteiger charge is 2.53. The number of rotatable bonds is 2. The van der Waals surface area contributed by atoms with E-state index >= 15 is 0 Å². The Balaban J connectivity index is 2.95. The first-order chi connectivity index (χ1) is 8.04. The molecule has 3 nitrogen and oxygen atoms in total. The molecule has 0 aliphatic rings. The minimum atomic E-state index is -4.89. The smallest absolute Gasteiger partial charge is 0.324 e. The third-order valence-electron chi connectivity index (χ3n) is 2.36. The summed E-state index contributed by atoms with van der Waals surface area (Å²) in [6, 6.07) is 3.44. The quantitative estimate of drug-likeness (QED) is 0.806. The second-order valence-electron chi connectivity index (χ2n) is 4.17. The van der Waals surface area contributed by atoms with Gasteiger partial charge in [-0.1, -0.05) is 0 Å². The van der Waals surface area contributed by atoms with Gasteiger partial charge >= 0.3 is 6.18 Å². The molecule has 3 N–H and O–H groups in total. The number of nitrogens with one attached hydrogen (secondary N) is 1. The van der Waals surface area contributed by atoms with Gasteiger partial charge in [0.25, 0.3) is 5.91 Å². The summed E-state index contributed by atoms with van der Waals surface area (Å²) in [4.78, 5) is 11.4. The second-order valence-corrected chi connectivity index (χ2v) is 4.17. The van der Waals surface area contributed by atoms with Crippen molar-refractivity contribution in [3.8, 4) is 0 Å². The van der Waals surface area contributed by atoms with Crippen molar-refractivity contribution in [2.24, 2.45) is 5.73 Å². The normalized spacial score (nSPS) is 15.1. The standard InChI is InChI=1S/C11H12F4N2O/c1-6-3-7(12)5-8(4-6)17-9(18)10(2,16)11(13,14)15/h3-5H,16H2,1-2H3,(H,17,18). The molecule has 0 bridgehead atoms. The Morgan fingerprint density at radius 2 is 1.83 bits per heavy atom. The number of hydrogen-bond acceptors (Lipinski definition) is 2. The maximum Gasteiger partial charge on any atom is 0.415 e. The molecule has 0 radical (unpaired) electrons. The highest BCUT2D eigenvalue weighted by molar-refractivity contribution is 5.98. The Morgan fingerprint density at radius 3 is 2.28 bits per heavy atom. The minimum Gasteiger partial charge on any atom is -0.324 e. The molecule has 0 fully saturated rings. The Hall–Kier alpha value is -1.63. The molecule has 1 unspecified atom stereocenters. The van der Waals surface area contributed by atoms with Crippen molar-refractivity contribution in [1.29, 1.82) is 0 Å². The summed E-state index contributed by atoms with van der Waals surface area (Å²) in [5, 5.41) is 1.95. The van der Waals surface area contributed by atoms with Gasteiger partial charge in [0.2, 0.25) is 0 Å². The number of benzene rings is 1. The monoisotopic (exact) mass is 264 g/mol. The predicted octanol–water partition coefficient (Wildman–Crippen LogP) is 2.35. The Kier molecular flexibility index (Phi) is 3.66. The lowest BCUT2D eigenvalue weighted by atomic mass is 10.0. The van der Waals surface area contributed by atoms with Crippen LogP contribution in [0.25, 0.3) is 0 Å². The molecule has 1 rings (SSSR count). The van der Waals surface area contributed by atoms with Crippen LogP contribution in [0.5, 0.6) is 0 Å². The molecule has 18 heavy (non-hydrogen) atoms. The van der Waals surface area contributed by atoms with Crippen LogP contribution in [0.3, 0.4) is 0 Å². The molecule has 0 saturated carbocycles. The van der Waals surface area contributed by atoms with Crippen molar-refractivity contribution < 1.29 is 22.4 Å². The molecule has 1 amide bonds. The van der Waals surface area contributed by atoms with Gasteiger partial charge in [-0.25, -0.2) is 4.39 Å². The van der Waals surface area contributed by atoms with Gasteiger partial charge in [0, 0.05) is 5.69 Å². The van der Waals surface area contributed by atoms with Crippen molar-refractivity contribution in [2.45, 2.75) is 25.6 Å². The van der Waals surface area contributed by atoms with E-state index in [-0.39, 0.29) is 5.69 Å². The predicted molar refractivity (Wildman–Crippen MR) is 58.4 cm³/mol. The summed E-state index contributed by atoms with van der Waals surface area (Å²) in [6.07, 6.45) is -4.89. The minimum absolute atomic E-state index is 0.0709. The molecule has 100 valence electrons. The van der Waals surface area contributed by atoms with E-state index in [0.29, 0.717) is 12.5 Å². The van der Waals surface area contributed by atoms with E-state index in [2.05, 4.69) is 0 Å². The summed E-state index contributed by atoms with van der Waals surface area (Å²) in [7, 11) is 0. The summed E-state index contributed by atoms with van der Waals surface area (Å²) in [5.41, 5.74) is 2.29. The number of alkyl halides is 3. The average Bonchev–Trinajstić information content (AvgIpc) is 2.13. The zero-order valence-corrected chi connectivity index (χ0v) is 9.73. The number of amides is 1. The molecule has 0 aromatic heterocycles. The van der Waals surface area contributed by atoms with Crippen LogP contribution in [0.2, 0.25) is 0 Å². The average molecular weight is 264 g/mol. The lowest BCUT2D eigenvalue weighted by molar-refractivity contribution is -0.184. The highest BCUT2D eigenvalue weighted by atomic mass is 19.4. The van der Waals surface area contributed by atoms with E-state index in [1.54, 1.807) is 6.92 Å². The van der Waals surface area contributed by atoms with Crippen LogP contribution in [-0.4, -0.2) is 17.6 Å². The highest BCUT2D eigenvalue weighted by Crippen LogP contribution is 2.29. The maximum absolute atomic E-state index is 13.0. The number of hydrogen-bond donors (Lipinski definition) is 2. The van der Waals surface area contributed by atoms with Crippen molar-refractivity contribution >= 4 is 11.6 Å². The molecule has 1 aromatic rings. The van der Waals surface area contributed by atoms with Gasteiger partial charge in [-0.2, -0.15) is 13.2 Å². The Morgan fingerprint density at radius 1 is 1.28 bits per heavy atom. The van der Waals surface area contributed by atoms with Crippen LogP contribution >= 0.6 is 0 Å². The first kappa shape index (κ1) is 14.4. The number of anilines is 1. The zero-order chi connectivity index (χ0) is 14.1. The van der Waals surface area contributed by atoms with Gasteiger partial charge in [0.1, 0.15) is 5.82 Å². The van der Waals surface area contributed by atoms with Gasteiger partial charge in [0.05, 0.1) is 0 Å². The molecule has 0 aliphatic heterocycles. The van der Waals surface area contributed by atoms with Crippen LogP contribution in [0.1, 0.15) is 12.5 Å². The van der Waals surface area contributed by atoms with Gasteiger partial charge in [0.15, 0.2) is 5.54 Å². The molecular formula is C11H12F4N2O. The lowest BCUT2D eigenvalue weighted by Gasteiger charge is -2.26. The van der Waals surface area contributed by atoms with Gasteiger partial charge in [-0.3, -0.25) is 4.79 Å². The van der Waals surface area contributed by atoms with Crippen LogP contribution < -0.4 is 11.1 Å². The summed E-state index contributed by atoms with van der Waals surface area (Å²) in [5.74, 6) is -2.10. The van der Waals surface area contributed by atoms with E-state index in [1.165, 1.54) is 12.1 Å². The van der Waals surface area contributed by atoms with Crippen LogP contribution in [0.15, 0.2) is 18.2 Å². The summed E-state index contributed by atoms with van der Waals surface area (Å²) in [6.45, 7) is 2.10. The molecule has 1 atom stereocenters. The number of halogens is 4. The molecule has 1 aromatic carbocycles. The fraction of sp³-hybridized carbons (Fsp3) is 0.364. The molecule has 0 aliphatic carbocycles. The van der Waals surface area contributed by atoms with Crippen molar-refractivity contribution in [3.63, 3.8) is 0 Å². The zero-order valence-electron chi connectivity index (χ0n) is 9.73. The SMILES string of the molecule is Cc1cc(F)cc(NC(=O)C(C)(N)C(F)(F)F)c1. The lowest BCUT2D eigenvalue weighted by Crippen LogP contribution is -2.59. The molecule has 0 heterocycles. The number of nitrogens with two attached hydrogens (primary N) is 1. The molecular weight excluding hydrogens is 252 g/mol. The largest absolute Gasteiger partial charge is 0.415 e. The first-order valence-electron chi connectivity index (χ1n) is 4.98. The van der Waals surface area contributed by atoms with E-state index in [0.717, 1.165) is 6.07 Å². The van der Waals surface area contributed by atoms with Crippen molar-refractivity contribution in [2.75, 3.05) is 5.32 Å². The summed E-state index contributed by atoms with van der Waals surface area (Å²) >= 11 is 0. The summed E-state index contributed by atoms with van der Waals surface area (Å²) < 4.78 is 50.5. The number of aryl methyl sites for hydroxylation is 1. The third-order valence-corrected chi connectivity index (χ3v) is 2.36. The fourth-order valence-electron chi connectivity index (χ4n) is 1.20. The third kappa shape index (κ3) is 2.98. The van der Waals surface area contributed by atoms with Gasteiger partial charge in [-0.15, -0.1) is 0 Å². The molecule has 7 heteroatoms. The first-order valence-corrected chi connectivity index (χ1v) is 4.98. The molecule has 0 saturated heterocycles. The number of carbonyl (C=O) groups excluding carboxylic acids is 1. The fourth-order valence-corrected chi connectivity index (χ4v) is 1.20. The Labute approximate surface area is 101 Å². The van der Waals surface area contributed by atoms with E-state index in [4.69, 9.17) is 5.73 Å². The van der Waals surface area contributed by atoms with Crippen molar-refractivity contribution in [1.82, 2.24) is 0 Å². The number of carbonyl (C=O) groups is 1. The topological polar surface area (TPSA) is 55.1 Å². The Bertz CT molecular complexity index is 448.